The highest BCUT2D eigenvalue weighted by Gasteiger charge is 2.21. The monoisotopic (exact) mass is 248 g/mol. The van der Waals surface area contributed by atoms with Crippen LogP contribution in [0.2, 0.25) is 0 Å². The van der Waals surface area contributed by atoms with Gasteiger partial charge in [-0.25, -0.2) is 0 Å². The summed E-state index contributed by atoms with van der Waals surface area (Å²) in [5, 5.41) is 11.9. The lowest BCUT2D eigenvalue weighted by Gasteiger charge is -2.31. The molecule has 1 N–H and O–H groups in total. The summed E-state index contributed by atoms with van der Waals surface area (Å²) in [7, 11) is 2.17. The van der Waals surface area contributed by atoms with Crippen LogP contribution < -0.4 is 5.32 Å². The van der Waals surface area contributed by atoms with E-state index in [-0.39, 0.29) is 0 Å². The lowest BCUT2D eigenvalue weighted by molar-refractivity contribution is 0.110. The summed E-state index contributed by atoms with van der Waals surface area (Å²) >= 11 is 0. The van der Waals surface area contributed by atoms with Gasteiger partial charge in [0.15, 0.2) is 5.82 Å². The largest absolute Gasteiger partial charge is 0.376 e. The smallest absolute Gasteiger partial charge is 0.154 e. The summed E-state index contributed by atoms with van der Waals surface area (Å²) in [6, 6.07) is 0.478. The van der Waals surface area contributed by atoms with E-state index >= 15 is 0 Å². The molecule has 1 saturated heterocycles. The summed E-state index contributed by atoms with van der Waals surface area (Å²) in [5.74, 6) is 0.924. The minimum absolute atomic E-state index is 0.478. The number of aromatic nitrogens is 2. The first-order valence-electron chi connectivity index (χ1n) is 6.69. The van der Waals surface area contributed by atoms with E-state index in [1.807, 2.05) is 6.20 Å². The number of likely N-dealkylation sites (tertiary alicyclic amines) is 1. The van der Waals surface area contributed by atoms with Crippen molar-refractivity contribution in [1.29, 1.82) is 0 Å². The van der Waals surface area contributed by atoms with Crippen molar-refractivity contribution in [3.63, 3.8) is 0 Å². The zero-order valence-corrected chi connectivity index (χ0v) is 10.9. The number of anilines is 1. The van der Waals surface area contributed by atoms with Gasteiger partial charge >= 0.3 is 0 Å². The van der Waals surface area contributed by atoms with Gasteiger partial charge in [-0.05, 0) is 38.4 Å². The number of ether oxygens (including phenoxy) is 1. The van der Waals surface area contributed by atoms with Gasteiger partial charge < -0.3 is 15.0 Å². The Bertz CT molecular complexity index is 423. The second kappa shape index (κ2) is 5.20. The molecule has 5 nitrogen and oxygen atoms in total. The minimum Gasteiger partial charge on any atom is -0.376 e. The molecule has 0 unspecified atom stereocenters. The summed E-state index contributed by atoms with van der Waals surface area (Å²) in [4.78, 5) is 2.36. The summed E-state index contributed by atoms with van der Waals surface area (Å²) in [6.07, 6.45) is 5.27. The van der Waals surface area contributed by atoms with E-state index < -0.39 is 0 Å². The molecule has 0 spiro atoms. The van der Waals surface area contributed by atoms with Crippen LogP contribution in [0.5, 0.6) is 0 Å². The molecule has 18 heavy (non-hydrogen) atoms. The average Bonchev–Trinajstić information content (AvgIpc) is 2.39. The number of hydrogen-bond donors (Lipinski definition) is 1. The van der Waals surface area contributed by atoms with Crippen molar-refractivity contribution in [3.05, 3.63) is 17.3 Å². The Labute approximate surface area is 108 Å². The fourth-order valence-corrected chi connectivity index (χ4v) is 2.77. The summed E-state index contributed by atoms with van der Waals surface area (Å²) in [5.41, 5.74) is 2.48. The number of nitrogens with zero attached hydrogens (tertiary/aromatic N) is 3. The molecule has 5 heteroatoms. The second-order valence-electron chi connectivity index (χ2n) is 5.25. The van der Waals surface area contributed by atoms with Crippen molar-refractivity contribution in [3.8, 4) is 0 Å². The highest BCUT2D eigenvalue weighted by Crippen LogP contribution is 2.23. The molecule has 0 saturated carbocycles. The number of rotatable bonds is 2. The van der Waals surface area contributed by atoms with Crippen LogP contribution in [0, 0.1) is 0 Å². The average molecular weight is 248 g/mol. The molecule has 3 rings (SSSR count). The van der Waals surface area contributed by atoms with E-state index in [0.29, 0.717) is 12.6 Å². The third-order valence-electron chi connectivity index (χ3n) is 3.77. The van der Waals surface area contributed by atoms with E-state index in [2.05, 4.69) is 27.5 Å². The van der Waals surface area contributed by atoms with Crippen molar-refractivity contribution < 1.29 is 4.74 Å². The Morgan fingerprint density at radius 1 is 1.50 bits per heavy atom. The van der Waals surface area contributed by atoms with Crippen molar-refractivity contribution in [2.24, 2.45) is 0 Å². The van der Waals surface area contributed by atoms with Crippen LogP contribution in [0.3, 0.4) is 0 Å². The molecule has 1 atom stereocenters. The molecule has 2 aliphatic rings. The van der Waals surface area contributed by atoms with E-state index in [1.165, 1.54) is 30.5 Å². The number of fused-ring (bicyclic) bond motifs is 1. The molecule has 0 bridgehead atoms. The molecule has 2 aliphatic heterocycles. The predicted octanol–water partition coefficient (Wildman–Crippen LogP) is 1.06. The Morgan fingerprint density at radius 3 is 3.33 bits per heavy atom. The van der Waals surface area contributed by atoms with Crippen LogP contribution >= 0.6 is 0 Å². The van der Waals surface area contributed by atoms with Crippen LogP contribution in [0.25, 0.3) is 0 Å². The van der Waals surface area contributed by atoms with E-state index in [9.17, 15) is 0 Å². The van der Waals surface area contributed by atoms with Crippen LogP contribution in [0.1, 0.15) is 24.0 Å². The quantitative estimate of drug-likeness (QED) is 0.848. The van der Waals surface area contributed by atoms with Crippen LogP contribution in [0.4, 0.5) is 5.82 Å². The molecule has 0 radical (unpaired) electrons. The number of likely N-dealkylation sites (N-methyl/N-ethyl adjacent to an activating group) is 1. The van der Waals surface area contributed by atoms with Crippen LogP contribution in [-0.2, 0) is 17.8 Å². The van der Waals surface area contributed by atoms with Gasteiger partial charge in [0.1, 0.15) is 0 Å². The lowest BCUT2D eigenvalue weighted by Crippen LogP contribution is -2.40. The molecule has 0 amide bonds. The highest BCUT2D eigenvalue weighted by molar-refractivity contribution is 5.48. The highest BCUT2D eigenvalue weighted by atomic mass is 16.5. The summed E-state index contributed by atoms with van der Waals surface area (Å²) in [6.45, 7) is 3.73. The maximum Gasteiger partial charge on any atom is 0.154 e. The first-order valence-corrected chi connectivity index (χ1v) is 6.69. The maximum absolute atomic E-state index is 5.53. The third-order valence-corrected chi connectivity index (χ3v) is 3.77. The van der Waals surface area contributed by atoms with Gasteiger partial charge in [0, 0.05) is 18.2 Å². The van der Waals surface area contributed by atoms with Crippen molar-refractivity contribution in [2.75, 3.05) is 32.1 Å². The van der Waals surface area contributed by atoms with Crippen LogP contribution in [0.15, 0.2) is 6.20 Å². The molecule has 98 valence electrons. The Morgan fingerprint density at radius 2 is 2.44 bits per heavy atom. The van der Waals surface area contributed by atoms with Crippen molar-refractivity contribution >= 4 is 5.82 Å². The van der Waals surface area contributed by atoms with Gasteiger partial charge in [-0.15, -0.1) is 5.10 Å². The fourth-order valence-electron chi connectivity index (χ4n) is 2.77. The van der Waals surface area contributed by atoms with E-state index in [0.717, 1.165) is 25.4 Å². The first-order chi connectivity index (χ1) is 8.83. The second-order valence-corrected chi connectivity index (χ2v) is 5.25. The number of hydrogen-bond acceptors (Lipinski definition) is 5. The SMILES string of the molecule is CN1CCC[C@@H](Nc2nncc3c2COCC3)C1. The van der Waals surface area contributed by atoms with Gasteiger partial charge in [0.25, 0.3) is 0 Å². The first kappa shape index (κ1) is 11.9. The third kappa shape index (κ3) is 2.47. The molecule has 3 heterocycles. The van der Waals surface area contributed by atoms with E-state index in [1.54, 1.807) is 0 Å². The predicted molar refractivity (Wildman–Crippen MR) is 69.5 cm³/mol. The standard InChI is InChI=1S/C13H20N4O/c1-17-5-2-3-11(8-17)15-13-12-9-18-6-4-10(12)7-14-16-13/h7,11H,2-6,8-9H2,1H3,(H,15,16)/t11-/m1/s1. The summed E-state index contributed by atoms with van der Waals surface area (Å²) < 4.78 is 5.53. The van der Waals surface area contributed by atoms with Crippen molar-refractivity contribution in [1.82, 2.24) is 15.1 Å². The fraction of sp³-hybridized carbons (Fsp3) is 0.692. The van der Waals surface area contributed by atoms with Crippen LogP contribution in [-0.4, -0.2) is 47.9 Å². The topological polar surface area (TPSA) is 50.3 Å². The zero-order valence-electron chi connectivity index (χ0n) is 10.9. The molecule has 0 aliphatic carbocycles. The lowest BCUT2D eigenvalue weighted by atomic mass is 10.0. The molecule has 1 fully saturated rings. The zero-order chi connectivity index (χ0) is 12.4. The number of nitrogens with one attached hydrogen (secondary N) is 1. The van der Waals surface area contributed by atoms with Gasteiger partial charge in [0.2, 0.25) is 0 Å². The molecule has 0 aromatic carbocycles. The molecular weight excluding hydrogens is 228 g/mol. The van der Waals surface area contributed by atoms with Gasteiger partial charge in [-0.1, -0.05) is 0 Å². The van der Waals surface area contributed by atoms with Gasteiger partial charge in [-0.2, -0.15) is 5.10 Å². The Kier molecular flexibility index (Phi) is 3.43. The van der Waals surface area contributed by atoms with E-state index in [4.69, 9.17) is 4.74 Å². The maximum atomic E-state index is 5.53. The Hall–Kier alpha value is -1.20. The molecule has 1 aromatic heterocycles. The Balaban J connectivity index is 1.76. The van der Waals surface area contributed by atoms with Gasteiger partial charge in [0.05, 0.1) is 19.4 Å². The minimum atomic E-state index is 0.478. The van der Waals surface area contributed by atoms with Gasteiger partial charge in [-0.3, -0.25) is 0 Å². The molecular formula is C13H20N4O. The molecule has 1 aromatic rings. The normalized spacial score (nSPS) is 24.6. The number of piperidine rings is 1. The van der Waals surface area contributed by atoms with Crippen molar-refractivity contribution in [2.45, 2.75) is 31.9 Å².